The van der Waals surface area contributed by atoms with Crippen LogP contribution >= 0.6 is 11.8 Å². The van der Waals surface area contributed by atoms with Crippen LogP contribution in [0.15, 0.2) is 29.4 Å². The number of aromatic nitrogens is 3. The van der Waals surface area contributed by atoms with E-state index in [1.807, 2.05) is 30.5 Å². The second-order valence-corrected chi connectivity index (χ2v) is 6.04. The van der Waals surface area contributed by atoms with Gasteiger partial charge in [0.25, 0.3) is 5.91 Å². The molecule has 1 atom stereocenters. The first-order chi connectivity index (χ1) is 11.0. The molecule has 0 bridgehead atoms. The van der Waals surface area contributed by atoms with E-state index in [9.17, 15) is 4.79 Å². The van der Waals surface area contributed by atoms with Crippen molar-refractivity contribution in [1.82, 2.24) is 14.9 Å². The van der Waals surface area contributed by atoms with Gasteiger partial charge in [0.2, 0.25) is 5.16 Å². The molecule has 0 saturated heterocycles. The Labute approximate surface area is 140 Å². The lowest BCUT2D eigenvalue weighted by molar-refractivity contribution is -0.119. The molecular formula is C16H22N4O2S. The molecule has 0 fully saturated rings. The van der Waals surface area contributed by atoms with Crippen molar-refractivity contribution in [3.05, 3.63) is 35.7 Å². The molecule has 1 heterocycles. The first-order valence-corrected chi connectivity index (χ1v) is 8.76. The maximum atomic E-state index is 12.0. The fraction of sp³-hybridized carbons (Fsp3) is 0.438. The Kier molecular flexibility index (Phi) is 6.04. The summed E-state index contributed by atoms with van der Waals surface area (Å²) in [4.78, 5) is 12.0. The molecule has 2 rings (SSSR count). The largest absolute Gasteiger partial charge is 0.484 e. The fourth-order valence-electron chi connectivity index (χ4n) is 2.04. The van der Waals surface area contributed by atoms with Gasteiger partial charge < -0.3 is 4.74 Å². The number of carbonyl (C=O) groups excluding carboxylic acids is 1. The Morgan fingerprint density at radius 2 is 2.04 bits per heavy atom. The van der Waals surface area contributed by atoms with Crippen molar-refractivity contribution >= 4 is 17.7 Å². The topological polar surface area (TPSA) is 69.0 Å². The number of aryl methyl sites for hydroxylation is 1. The summed E-state index contributed by atoms with van der Waals surface area (Å²) in [6.45, 7) is 6.07. The van der Waals surface area contributed by atoms with Gasteiger partial charge in [-0.05, 0) is 43.2 Å². The number of benzene rings is 1. The first-order valence-electron chi connectivity index (χ1n) is 7.53. The van der Waals surface area contributed by atoms with Crippen LogP contribution in [0.2, 0.25) is 0 Å². The van der Waals surface area contributed by atoms with Crippen LogP contribution in [0.5, 0.6) is 5.75 Å². The predicted molar refractivity (Wildman–Crippen MR) is 91.6 cm³/mol. The van der Waals surface area contributed by atoms with Crippen molar-refractivity contribution < 1.29 is 9.53 Å². The molecule has 6 nitrogen and oxygen atoms in total. The summed E-state index contributed by atoms with van der Waals surface area (Å²) in [5.41, 5.74) is 4.00. The van der Waals surface area contributed by atoms with E-state index in [2.05, 4.69) is 29.5 Å². The predicted octanol–water partition coefficient (Wildman–Crippen LogP) is 2.97. The summed E-state index contributed by atoms with van der Waals surface area (Å²) in [6.07, 6.45) is 2.97. The van der Waals surface area contributed by atoms with Crippen molar-refractivity contribution in [1.29, 1.82) is 0 Å². The van der Waals surface area contributed by atoms with Crippen LogP contribution in [0.4, 0.5) is 0 Å². The van der Waals surface area contributed by atoms with E-state index in [0.717, 1.165) is 6.42 Å². The number of rotatable bonds is 7. The van der Waals surface area contributed by atoms with Crippen LogP contribution in [-0.4, -0.2) is 33.6 Å². The molecule has 1 aromatic carbocycles. The summed E-state index contributed by atoms with van der Waals surface area (Å²) >= 11 is 1.41. The molecule has 7 heteroatoms. The molecule has 1 N–H and O–H groups in total. The normalized spacial score (nSPS) is 12.0. The van der Waals surface area contributed by atoms with Crippen molar-refractivity contribution in [2.75, 3.05) is 18.3 Å². The van der Waals surface area contributed by atoms with Gasteiger partial charge in [0.15, 0.2) is 6.61 Å². The average Bonchev–Trinajstić information content (AvgIpc) is 2.92. The Morgan fingerprint density at radius 3 is 2.65 bits per heavy atom. The van der Waals surface area contributed by atoms with Gasteiger partial charge in [-0.15, -0.1) is 10.2 Å². The summed E-state index contributed by atoms with van der Waals surface area (Å²) in [6, 6.07) is 7.87. The SMILES string of the molecule is CC[C@H](C)c1ccc(OCC(=O)Nn2c(C)nnc2SC)cc1. The number of hydrogen-bond donors (Lipinski definition) is 1. The summed E-state index contributed by atoms with van der Waals surface area (Å²) in [5.74, 6) is 1.57. The van der Waals surface area contributed by atoms with Gasteiger partial charge in [0.1, 0.15) is 11.6 Å². The van der Waals surface area contributed by atoms with Gasteiger partial charge in [-0.25, -0.2) is 4.68 Å². The van der Waals surface area contributed by atoms with Crippen LogP contribution in [0, 0.1) is 6.92 Å². The van der Waals surface area contributed by atoms with Crippen LogP contribution in [0.25, 0.3) is 0 Å². The minimum atomic E-state index is -0.255. The van der Waals surface area contributed by atoms with E-state index < -0.39 is 0 Å². The summed E-state index contributed by atoms with van der Waals surface area (Å²) in [5, 5.41) is 8.52. The molecule has 2 aromatic rings. The highest BCUT2D eigenvalue weighted by molar-refractivity contribution is 7.98. The molecule has 23 heavy (non-hydrogen) atoms. The summed E-state index contributed by atoms with van der Waals surface area (Å²) in [7, 11) is 0. The lowest BCUT2D eigenvalue weighted by Crippen LogP contribution is -2.29. The highest BCUT2D eigenvalue weighted by Gasteiger charge is 2.11. The standard InChI is InChI=1S/C16H22N4O2S/c1-5-11(2)13-6-8-14(9-7-13)22-10-15(21)19-20-12(3)17-18-16(20)23-4/h6-9,11H,5,10H2,1-4H3,(H,19,21)/t11-/m0/s1. The molecule has 1 aromatic heterocycles. The quantitative estimate of drug-likeness (QED) is 0.788. The van der Waals surface area contributed by atoms with Gasteiger partial charge in [-0.3, -0.25) is 10.2 Å². The molecule has 0 unspecified atom stereocenters. The zero-order chi connectivity index (χ0) is 16.8. The Hall–Kier alpha value is -2.02. The lowest BCUT2D eigenvalue weighted by atomic mass is 9.99. The molecule has 1 amide bonds. The number of ether oxygens (including phenoxy) is 1. The Bertz CT molecular complexity index is 655. The van der Waals surface area contributed by atoms with E-state index in [-0.39, 0.29) is 12.5 Å². The highest BCUT2D eigenvalue weighted by Crippen LogP contribution is 2.21. The minimum absolute atomic E-state index is 0.0614. The third-order valence-corrected chi connectivity index (χ3v) is 4.28. The smallest absolute Gasteiger partial charge is 0.276 e. The number of carbonyl (C=O) groups is 1. The van der Waals surface area contributed by atoms with Crippen molar-refractivity contribution in [2.45, 2.75) is 38.3 Å². The number of thioether (sulfide) groups is 1. The van der Waals surface area contributed by atoms with Gasteiger partial charge in [-0.2, -0.15) is 0 Å². The van der Waals surface area contributed by atoms with Crippen LogP contribution in [0.1, 0.15) is 37.6 Å². The van der Waals surface area contributed by atoms with E-state index in [4.69, 9.17) is 4.74 Å². The maximum absolute atomic E-state index is 12.0. The van der Waals surface area contributed by atoms with E-state index >= 15 is 0 Å². The van der Waals surface area contributed by atoms with Crippen molar-refractivity contribution in [3.63, 3.8) is 0 Å². The van der Waals surface area contributed by atoms with E-state index in [0.29, 0.717) is 22.6 Å². The minimum Gasteiger partial charge on any atom is -0.484 e. The second-order valence-electron chi connectivity index (χ2n) is 5.27. The van der Waals surface area contributed by atoms with Crippen LogP contribution in [0.3, 0.4) is 0 Å². The molecule has 0 saturated carbocycles. The molecule has 0 spiro atoms. The average molecular weight is 334 g/mol. The monoisotopic (exact) mass is 334 g/mol. The van der Waals surface area contributed by atoms with Crippen molar-refractivity contribution in [3.8, 4) is 5.75 Å². The first kappa shape index (κ1) is 17.3. The maximum Gasteiger partial charge on any atom is 0.276 e. The zero-order valence-electron chi connectivity index (χ0n) is 13.9. The number of nitrogens with zero attached hydrogens (tertiary/aromatic N) is 3. The number of hydrogen-bond acceptors (Lipinski definition) is 5. The molecular weight excluding hydrogens is 312 g/mol. The highest BCUT2D eigenvalue weighted by atomic mass is 32.2. The molecule has 124 valence electrons. The Balaban J connectivity index is 1.90. The van der Waals surface area contributed by atoms with E-state index in [1.165, 1.54) is 17.3 Å². The molecule has 0 aliphatic carbocycles. The summed E-state index contributed by atoms with van der Waals surface area (Å²) < 4.78 is 7.08. The van der Waals surface area contributed by atoms with Crippen LogP contribution < -0.4 is 10.2 Å². The molecule has 0 aliphatic rings. The lowest BCUT2D eigenvalue weighted by Gasteiger charge is -2.12. The third kappa shape index (κ3) is 4.48. The number of amides is 1. The molecule has 0 aliphatic heterocycles. The van der Waals surface area contributed by atoms with Crippen LogP contribution in [-0.2, 0) is 4.79 Å². The molecule has 0 radical (unpaired) electrons. The van der Waals surface area contributed by atoms with E-state index in [1.54, 1.807) is 11.6 Å². The zero-order valence-corrected chi connectivity index (χ0v) is 14.7. The fourth-order valence-corrected chi connectivity index (χ4v) is 2.52. The second kappa shape index (κ2) is 8.01. The van der Waals surface area contributed by atoms with Gasteiger partial charge in [0, 0.05) is 0 Å². The van der Waals surface area contributed by atoms with Gasteiger partial charge in [0.05, 0.1) is 0 Å². The van der Waals surface area contributed by atoms with Gasteiger partial charge in [-0.1, -0.05) is 37.7 Å². The Morgan fingerprint density at radius 1 is 1.35 bits per heavy atom. The van der Waals surface area contributed by atoms with Crippen molar-refractivity contribution in [2.24, 2.45) is 0 Å². The third-order valence-electron chi connectivity index (χ3n) is 3.65. The number of nitrogens with one attached hydrogen (secondary N) is 1. The van der Waals surface area contributed by atoms with Gasteiger partial charge >= 0.3 is 0 Å².